The Morgan fingerprint density at radius 3 is 2.59 bits per heavy atom. The molecule has 29 heavy (non-hydrogen) atoms. The molecule has 0 aromatic carbocycles. The molecule has 0 aliphatic heterocycles. The van der Waals surface area contributed by atoms with Crippen LogP contribution >= 0.6 is 11.3 Å². The van der Waals surface area contributed by atoms with E-state index < -0.39 is 36.2 Å². The van der Waals surface area contributed by atoms with Gasteiger partial charge in [0.2, 0.25) is 0 Å². The highest BCUT2D eigenvalue weighted by Crippen LogP contribution is 2.48. The number of rotatable bonds is 6. The van der Waals surface area contributed by atoms with E-state index in [2.05, 4.69) is 15.4 Å². The van der Waals surface area contributed by atoms with Gasteiger partial charge in [0.05, 0.1) is 5.69 Å². The molecular formula is C17H13F4N5O2S. The van der Waals surface area contributed by atoms with Crippen molar-refractivity contribution in [1.29, 1.82) is 0 Å². The molecular weight excluding hydrogens is 414 g/mol. The van der Waals surface area contributed by atoms with Crippen molar-refractivity contribution in [1.82, 2.24) is 14.8 Å². The van der Waals surface area contributed by atoms with Crippen molar-refractivity contribution < 1.29 is 27.2 Å². The molecule has 0 bridgehead atoms. The molecule has 3 N–H and O–H groups in total. The number of fused-ring (bicyclic) bond motifs is 1. The van der Waals surface area contributed by atoms with Crippen molar-refractivity contribution in [3.8, 4) is 0 Å². The Hall–Kier alpha value is -3.02. The van der Waals surface area contributed by atoms with Gasteiger partial charge in [-0.1, -0.05) is 0 Å². The van der Waals surface area contributed by atoms with E-state index in [1.807, 2.05) is 0 Å². The number of primary amides is 1. The minimum atomic E-state index is -3.04. The zero-order valence-electron chi connectivity index (χ0n) is 14.5. The summed E-state index contributed by atoms with van der Waals surface area (Å²) in [5.74, 6) is -1.86. The van der Waals surface area contributed by atoms with Gasteiger partial charge in [-0.3, -0.25) is 9.59 Å². The van der Waals surface area contributed by atoms with E-state index in [0.29, 0.717) is 10.9 Å². The lowest BCUT2D eigenvalue weighted by Crippen LogP contribution is -2.20. The number of carbonyl (C=O) groups is 2. The standard InChI is InChI=1S/C17H13F4N5O2S/c18-13(19)8-5-7(6-1-2-6)10-11(12(14(22)27)29-16(10)24-8)25-15(28)9-3-4-23-26(9)17(20)21/h3-6,13,17H,1-2H2,(H2,22,27)(H,25,28). The lowest BCUT2D eigenvalue weighted by molar-refractivity contribution is 0.0520. The number of anilines is 1. The van der Waals surface area contributed by atoms with Gasteiger partial charge in [0.1, 0.15) is 21.1 Å². The highest BCUT2D eigenvalue weighted by Gasteiger charge is 2.32. The van der Waals surface area contributed by atoms with Gasteiger partial charge in [-0.2, -0.15) is 18.6 Å². The molecule has 3 aromatic rings. The maximum Gasteiger partial charge on any atom is 0.333 e. The highest BCUT2D eigenvalue weighted by molar-refractivity contribution is 7.21. The van der Waals surface area contributed by atoms with Crippen LogP contribution in [0.15, 0.2) is 18.3 Å². The molecule has 0 atom stereocenters. The second kappa shape index (κ2) is 7.10. The summed E-state index contributed by atoms with van der Waals surface area (Å²) in [6.45, 7) is -3.04. The molecule has 1 aliphatic rings. The lowest BCUT2D eigenvalue weighted by Gasteiger charge is -2.11. The van der Waals surface area contributed by atoms with Crippen LogP contribution in [0, 0.1) is 0 Å². The third kappa shape index (κ3) is 3.43. The Bertz CT molecular complexity index is 1120. The fourth-order valence-electron chi connectivity index (χ4n) is 3.09. The predicted molar refractivity (Wildman–Crippen MR) is 96.5 cm³/mol. The van der Waals surface area contributed by atoms with Crippen LogP contribution in [0.2, 0.25) is 0 Å². The van der Waals surface area contributed by atoms with Gasteiger partial charge in [-0.15, -0.1) is 11.3 Å². The Kier molecular flexibility index (Phi) is 4.73. The topological polar surface area (TPSA) is 103 Å². The summed E-state index contributed by atoms with van der Waals surface area (Å²) in [5, 5.41) is 6.15. The average molecular weight is 427 g/mol. The Labute approximate surface area is 164 Å². The summed E-state index contributed by atoms with van der Waals surface area (Å²) in [6, 6.07) is 2.34. The summed E-state index contributed by atoms with van der Waals surface area (Å²) in [4.78, 5) is 28.4. The van der Waals surface area contributed by atoms with Gasteiger partial charge >= 0.3 is 6.55 Å². The van der Waals surface area contributed by atoms with Gasteiger partial charge in [0, 0.05) is 11.6 Å². The first-order chi connectivity index (χ1) is 13.8. The van der Waals surface area contributed by atoms with Gasteiger partial charge in [0.15, 0.2) is 0 Å². The van der Waals surface area contributed by atoms with Crippen molar-refractivity contribution in [2.75, 3.05) is 5.32 Å². The second-order valence-electron chi connectivity index (χ2n) is 6.45. The molecule has 0 spiro atoms. The number of pyridine rings is 1. The number of thiophene rings is 1. The minimum absolute atomic E-state index is 0.0141. The normalized spacial score (nSPS) is 14.1. The first-order valence-corrected chi connectivity index (χ1v) is 9.27. The maximum atomic E-state index is 13.2. The van der Waals surface area contributed by atoms with Crippen molar-refractivity contribution in [3.05, 3.63) is 40.2 Å². The lowest BCUT2D eigenvalue weighted by atomic mass is 10.0. The Morgan fingerprint density at radius 2 is 2.00 bits per heavy atom. The van der Waals surface area contributed by atoms with Crippen molar-refractivity contribution in [2.24, 2.45) is 5.73 Å². The number of nitrogens with one attached hydrogen (secondary N) is 1. The number of nitrogens with two attached hydrogens (primary N) is 1. The number of hydrogen-bond donors (Lipinski definition) is 2. The number of carbonyl (C=O) groups excluding carboxylic acids is 2. The molecule has 12 heteroatoms. The van der Waals surface area contributed by atoms with Crippen LogP contribution in [0.25, 0.3) is 10.2 Å². The maximum absolute atomic E-state index is 13.2. The molecule has 152 valence electrons. The zero-order valence-corrected chi connectivity index (χ0v) is 15.4. The number of hydrogen-bond acceptors (Lipinski definition) is 5. The largest absolute Gasteiger partial charge is 0.365 e. The quantitative estimate of drug-likeness (QED) is 0.579. The van der Waals surface area contributed by atoms with Crippen LogP contribution in [0.3, 0.4) is 0 Å². The van der Waals surface area contributed by atoms with Gasteiger partial charge < -0.3 is 11.1 Å². The highest BCUT2D eigenvalue weighted by atomic mass is 32.1. The second-order valence-corrected chi connectivity index (χ2v) is 7.45. The van der Waals surface area contributed by atoms with E-state index >= 15 is 0 Å². The van der Waals surface area contributed by atoms with E-state index in [4.69, 9.17) is 5.73 Å². The third-order valence-corrected chi connectivity index (χ3v) is 5.60. The molecule has 0 unspecified atom stereocenters. The van der Waals surface area contributed by atoms with E-state index in [9.17, 15) is 27.2 Å². The van der Waals surface area contributed by atoms with E-state index in [-0.39, 0.29) is 26.0 Å². The summed E-state index contributed by atoms with van der Waals surface area (Å²) in [6.07, 6.45) is -0.257. The van der Waals surface area contributed by atoms with E-state index in [1.165, 1.54) is 6.07 Å². The van der Waals surface area contributed by atoms with Gasteiger partial charge in [0.25, 0.3) is 18.2 Å². The van der Waals surface area contributed by atoms with Crippen LogP contribution in [0.4, 0.5) is 23.2 Å². The SMILES string of the molecule is NC(=O)c1sc2nc(C(F)F)cc(C3CC3)c2c1NC(=O)c1ccnn1C(F)F. The minimum Gasteiger partial charge on any atom is -0.365 e. The molecule has 0 radical (unpaired) electrons. The molecule has 4 rings (SSSR count). The van der Waals surface area contributed by atoms with Crippen molar-refractivity contribution in [3.63, 3.8) is 0 Å². The predicted octanol–water partition coefficient (Wildman–Crippen LogP) is 4.05. The van der Waals surface area contributed by atoms with Gasteiger partial charge in [-0.05, 0) is 36.5 Å². The molecule has 1 fully saturated rings. The number of nitrogens with zero attached hydrogens (tertiary/aromatic N) is 3. The first kappa shape index (κ1) is 19.3. The number of alkyl halides is 4. The van der Waals surface area contributed by atoms with Gasteiger partial charge in [-0.25, -0.2) is 13.8 Å². The fourth-order valence-corrected chi connectivity index (χ4v) is 4.12. The van der Waals surface area contributed by atoms with Crippen LogP contribution in [0.5, 0.6) is 0 Å². The van der Waals surface area contributed by atoms with E-state index in [0.717, 1.165) is 36.4 Å². The molecule has 1 aliphatic carbocycles. The molecule has 1 saturated carbocycles. The molecule has 0 saturated heterocycles. The van der Waals surface area contributed by atoms with Crippen LogP contribution in [0.1, 0.15) is 63.2 Å². The number of aromatic nitrogens is 3. The summed E-state index contributed by atoms with van der Waals surface area (Å²) < 4.78 is 52.8. The smallest absolute Gasteiger partial charge is 0.333 e. The Morgan fingerprint density at radius 1 is 1.28 bits per heavy atom. The summed E-state index contributed by atoms with van der Waals surface area (Å²) in [5.41, 5.74) is 5.03. The van der Waals surface area contributed by atoms with Crippen LogP contribution < -0.4 is 11.1 Å². The number of halogens is 4. The van der Waals surface area contributed by atoms with Crippen LogP contribution in [-0.4, -0.2) is 26.6 Å². The average Bonchev–Trinajstić information content (AvgIpc) is 3.26. The molecule has 3 aromatic heterocycles. The van der Waals surface area contributed by atoms with Crippen molar-refractivity contribution in [2.45, 2.75) is 31.7 Å². The van der Waals surface area contributed by atoms with Crippen LogP contribution in [-0.2, 0) is 0 Å². The third-order valence-electron chi connectivity index (χ3n) is 4.50. The Balaban J connectivity index is 1.86. The monoisotopic (exact) mass is 427 g/mol. The first-order valence-electron chi connectivity index (χ1n) is 8.46. The summed E-state index contributed by atoms with van der Waals surface area (Å²) >= 11 is 0.768. The molecule has 2 amide bonds. The number of amides is 2. The summed E-state index contributed by atoms with van der Waals surface area (Å²) in [7, 11) is 0. The van der Waals surface area contributed by atoms with E-state index in [1.54, 1.807) is 0 Å². The molecule has 3 heterocycles. The zero-order chi connectivity index (χ0) is 20.9. The van der Waals surface area contributed by atoms with Crippen molar-refractivity contribution >= 4 is 39.1 Å². The molecule has 7 nitrogen and oxygen atoms in total. The fraction of sp³-hybridized carbons (Fsp3) is 0.294.